The Morgan fingerprint density at radius 1 is 0.971 bits per heavy atom. The molecular formula is C24H21F3N4O4. The molecule has 11 heteroatoms. The van der Waals surface area contributed by atoms with Crippen molar-refractivity contribution < 1.29 is 32.2 Å². The molecule has 2 heterocycles. The molecule has 0 aliphatic rings. The van der Waals surface area contributed by atoms with Gasteiger partial charge in [0.15, 0.2) is 22.8 Å². The van der Waals surface area contributed by atoms with Crippen LogP contribution in [0.2, 0.25) is 0 Å². The number of carbonyl (C=O) groups excluding carboxylic acids is 1. The Morgan fingerprint density at radius 2 is 1.60 bits per heavy atom. The van der Waals surface area contributed by atoms with Crippen LogP contribution < -0.4 is 19.5 Å². The summed E-state index contributed by atoms with van der Waals surface area (Å²) in [4.78, 5) is 17.4. The second-order valence-electron chi connectivity index (χ2n) is 7.55. The molecule has 2 aromatic heterocycles. The summed E-state index contributed by atoms with van der Waals surface area (Å²) in [5, 5.41) is 6.43. The van der Waals surface area contributed by atoms with Crippen LogP contribution in [-0.4, -0.2) is 41.8 Å². The fourth-order valence-corrected chi connectivity index (χ4v) is 3.55. The zero-order chi connectivity index (χ0) is 25.3. The molecule has 0 spiro atoms. The number of methoxy groups -OCH3 is 3. The number of carbonyl (C=O) groups is 1. The highest BCUT2D eigenvalue weighted by Crippen LogP contribution is 2.40. The lowest BCUT2D eigenvalue weighted by Gasteiger charge is -2.14. The number of alkyl halides is 3. The monoisotopic (exact) mass is 486 g/mol. The smallest absolute Gasteiger partial charge is 0.433 e. The lowest BCUT2D eigenvalue weighted by Crippen LogP contribution is -2.16. The van der Waals surface area contributed by atoms with Gasteiger partial charge in [-0.15, -0.1) is 0 Å². The molecule has 0 unspecified atom stereocenters. The van der Waals surface area contributed by atoms with Crippen molar-refractivity contribution in [2.75, 3.05) is 26.6 Å². The summed E-state index contributed by atoms with van der Waals surface area (Å²) in [6.45, 7) is 1.87. The molecule has 0 atom stereocenters. The van der Waals surface area contributed by atoms with E-state index in [2.05, 4.69) is 15.4 Å². The standard InChI is InChI=1S/C24H21F3N4O4/c1-13-5-7-14(8-6-13)17-11-20(24(25,26)27)31-22(30-17)16(12-28-31)23(32)29-15-9-18(33-2)21(35-4)19(10-15)34-3/h5-12H,1-4H3,(H,29,32). The van der Waals surface area contributed by atoms with Gasteiger partial charge in [-0.1, -0.05) is 29.8 Å². The average Bonchev–Trinajstić information content (AvgIpc) is 3.26. The number of hydrogen-bond donors (Lipinski definition) is 1. The Balaban J connectivity index is 1.80. The maximum absolute atomic E-state index is 13.8. The Bertz CT molecular complexity index is 1370. The van der Waals surface area contributed by atoms with E-state index in [4.69, 9.17) is 14.2 Å². The first kappa shape index (κ1) is 23.9. The van der Waals surface area contributed by atoms with Gasteiger partial charge in [-0.2, -0.15) is 18.3 Å². The average molecular weight is 486 g/mol. The minimum atomic E-state index is -4.73. The Hall–Kier alpha value is -4.28. The van der Waals surface area contributed by atoms with Crippen molar-refractivity contribution in [2.45, 2.75) is 13.1 Å². The normalized spacial score (nSPS) is 11.4. The van der Waals surface area contributed by atoms with E-state index in [1.54, 1.807) is 24.3 Å². The van der Waals surface area contributed by atoms with E-state index in [1.165, 1.54) is 33.5 Å². The molecule has 4 aromatic rings. The summed E-state index contributed by atoms with van der Waals surface area (Å²) in [6, 6.07) is 10.8. The highest BCUT2D eigenvalue weighted by molar-refractivity contribution is 6.08. The molecule has 0 fully saturated rings. The van der Waals surface area contributed by atoms with Crippen molar-refractivity contribution in [2.24, 2.45) is 0 Å². The Labute approximate surface area is 198 Å². The van der Waals surface area contributed by atoms with Gasteiger partial charge < -0.3 is 19.5 Å². The molecule has 0 radical (unpaired) electrons. The summed E-state index contributed by atoms with van der Waals surface area (Å²) in [6.07, 6.45) is -3.68. The number of fused-ring (bicyclic) bond motifs is 1. The van der Waals surface area contributed by atoms with E-state index in [0.717, 1.165) is 17.8 Å². The fraction of sp³-hybridized carbons (Fsp3) is 0.208. The number of benzene rings is 2. The van der Waals surface area contributed by atoms with Crippen LogP contribution in [0.5, 0.6) is 17.2 Å². The minimum absolute atomic E-state index is 0.0622. The predicted molar refractivity (Wildman–Crippen MR) is 122 cm³/mol. The summed E-state index contributed by atoms with van der Waals surface area (Å²) in [5.74, 6) is 0.196. The number of amides is 1. The van der Waals surface area contributed by atoms with Crippen molar-refractivity contribution in [3.05, 3.63) is 65.5 Å². The second-order valence-corrected chi connectivity index (χ2v) is 7.55. The van der Waals surface area contributed by atoms with Crippen molar-refractivity contribution in [3.8, 4) is 28.5 Å². The summed E-state index contributed by atoms with van der Waals surface area (Å²) < 4.78 is 58.0. The molecule has 1 N–H and O–H groups in total. The van der Waals surface area contributed by atoms with Gasteiger partial charge in [-0.05, 0) is 13.0 Å². The summed E-state index contributed by atoms with van der Waals surface area (Å²) in [5.41, 5.74) is 0.326. The molecule has 0 bridgehead atoms. The van der Waals surface area contributed by atoms with E-state index in [1.807, 2.05) is 6.92 Å². The third kappa shape index (κ3) is 4.57. The molecule has 0 aliphatic carbocycles. The molecule has 0 aliphatic heterocycles. The maximum atomic E-state index is 13.8. The topological polar surface area (TPSA) is 87.0 Å². The lowest BCUT2D eigenvalue weighted by molar-refractivity contribution is -0.142. The van der Waals surface area contributed by atoms with Gasteiger partial charge in [0.25, 0.3) is 5.91 Å². The van der Waals surface area contributed by atoms with Crippen LogP contribution in [0.4, 0.5) is 18.9 Å². The summed E-state index contributed by atoms with van der Waals surface area (Å²) in [7, 11) is 4.28. The third-order valence-corrected chi connectivity index (χ3v) is 5.28. The van der Waals surface area contributed by atoms with Crippen molar-refractivity contribution >= 4 is 17.2 Å². The largest absolute Gasteiger partial charge is 0.493 e. The quantitative estimate of drug-likeness (QED) is 0.413. The van der Waals surface area contributed by atoms with Gasteiger partial charge in [0.1, 0.15) is 5.56 Å². The molecular weight excluding hydrogens is 465 g/mol. The van der Waals surface area contributed by atoms with Crippen LogP contribution in [0, 0.1) is 6.92 Å². The molecule has 35 heavy (non-hydrogen) atoms. The Kier molecular flexibility index (Phi) is 6.25. The number of ether oxygens (including phenoxy) is 3. The molecule has 0 saturated carbocycles. The molecule has 182 valence electrons. The number of rotatable bonds is 6. The molecule has 0 saturated heterocycles. The van der Waals surface area contributed by atoms with Gasteiger partial charge in [0.05, 0.1) is 33.2 Å². The van der Waals surface area contributed by atoms with Crippen LogP contribution in [0.15, 0.2) is 48.7 Å². The number of nitrogens with zero attached hydrogens (tertiary/aromatic N) is 3. The number of aromatic nitrogens is 3. The van der Waals surface area contributed by atoms with Gasteiger partial charge in [0.2, 0.25) is 5.75 Å². The van der Waals surface area contributed by atoms with Crippen molar-refractivity contribution in [1.82, 2.24) is 14.6 Å². The van der Waals surface area contributed by atoms with E-state index in [0.29, 0.717) is 27.3 Å². The van der Waals surface area contributed by atoms with Crippen LogP contribution in [0.1, 0.15) is 21.6 Å². The van der Waals surface area contributed by atoms with E-state index < -0.39 is 17.8 Å². The van der Waals surface area contributed by atoms with Crippen molar-refractivity contribution in [1.29, 1.82) is 0 Å². The number of anilines is 1. The van der Waals surface area contributed by atoms with Gasteiger partial charge >= 0.3 is 6.18 Å². The minimum Gasteiger partial charge on any atom is -0.493 e. The number of aryl methyl sites for hydroxylation is 1. The van der Waals surface area contributed by atoms with E-state index in [-0.39, 0.29) is 22.6 Å². The molecule has 1 amide bonds. The first-order chi connectivity index (χ1) is 16.7. The third-order valence-electron chi connectivity index (χ3n) is 5.28. The zero-order valence-electron chi connectivity index (χ0n) is 19.2. The lowest BCUT2D eigenvalue weighted by atomic mass is 10.1. The highest BCUT2D eigenvalue weighted by Gasteiger charge is 2.36. The Morgan fingerprint density at radius 3 is 2.14 bits per heavy atom. The fourth-order valence-electron chi connectivity index (χ4n) is 3.55. The SMILES string of the molecule is COc1cc(NC(=O)c2cnn3c(C(F)(F)F)cc(-c4ccc(C)cc4)nc23)cc(OC)c1OC. The van der Waals surface area contributed by atoms with Crippen LogP contribution >= 0.6 is 0 Å². The second kappa shape index (κ2) is 9.16. The van der Waals surface area contributed by atoms with Crippen LogP contribution in [0.25, 0.3) is 16.9 Å². The zero-order valence-corrected chi connectivity index (χ0v) is 19.2. The van der Waals surface area contributed by atoms with Crippen LogP contribution in [-0.2, 0) is 6.18 Å². The molecule has 2 aromatic carbocycles. The number of hydrogen-bond acceptors (Lipinski definition) is 6. The molecule has 4 rings (SSSR count). The summed E-state index contributed by atoms with van der Waals surface area (Å²) >= 11 is 0. The van der Waals surface area contributed by atoms with Crippen LogP contribution in [0.3, 0.4) is 0 Å². The van der Waals surface area contributed by atoms with Gasteiger partial charge in [0, 0.05) is 23.4 Å². The first-order valence-electron chi connectivity index (χ1n) is 10.3. The van der Waals surface area contributed by atoms with E-state index >= 15 is 0 Å². The number of halogens is 3. The van der Waals surface area contributed by atoms with Gasteiger partial charge in [-0.25, -0.2) is 9.50 Å². The number of nitrogens with one attached hydrogen (secondary N) is 1. The van der Waals surface area contributed by atoms with Crippen molar-refractivity contribution in [3.63, 3.8) is 0 Å². The first-order valence-corrected chi connectivity index (χ1v) is 10.3. The van der Waals surface area contributed by atoms with Gasteiger partial charge in [-0.3, -0.25) is 4.79 Å². The highest BCUT2D eigenvalue weighted by atomic mass is 19.4. The van der Waals surface area contributed by atoms with E-state index in [9.17, 15) is 18.0 Å². The maximum Gasteiger partial charge on any atom is 0.433 e. The molecule has 8 nitrogen and oxygen atoms in total. The predicted octanol–water partition coefficient (Wildman–Crippen LogP) is 5.00.